The summed E-state index contributed by atoms with van der Waals surface area (Å²) < 4.78 is 5.52. The summed E-state index contributed by atoms with van der Waals surface area (Å²) in [5.41, 5.74) is 4.87. The van der Waals surface area contributed by atoms with Crippen LogP contribution in [0.15, 0.2) is 22.3 Å². The SMILES string of the molecule is CCOCC1(CO)C(C)=C(C)C(C)=C1C. The van der Waals surface area contributed by atoms with Crippen LogP contribution in [-0.4, -0.2) is 24.9 Å². The Morgan fingerprint density at radius 3 is 1.87 bits per heavy atom. The molecule has 0 spiro atoms. The second-order valence-corrected chi connectivity index (χ2v) is 4.38. The number of aliphatic hydroxyl groups is 1. The standard InChI is InChI=1S/C13H22O2/c1-6-15-8-13(7-14)11(4)9(2)10(3)12(13)5/h14H,6-8H2,1-5H3. The van der Waals surface area contributed by atoms with Crippen molar-refractivity contribution in [3.63, 3.8) is 0 Å². The zero-order valence-electron chi connectivity index (χ0n) is 10.5. The van der Waals surface area contributed by atoms with E-state index in [1.54, 1.807) is 0 Å². The smallest absolute Gasteiger partial charge is 0.0619 e. The number of rotatable bonds is 4. The fraction of sp³-hybridized carbons (Fsp3) is 0.692. The Morgan fingerprint density at radius 2 is 1.53 bits per heavy atom. The van der Waals surface area contributed by atoms with Crippen molar-refractivity contribution in [3.8, 4) is 0 Å². The molecule has 2 nitrogen and oxygen atoms in total. The molecule has 0 saturated carbocycles. The van der Waals surface area contributed by atoms with Gasteiger partial charge in [-0.3, -0.25) is 0 Å². The lowest BCUT2D eigenvalue weighted by molar-refractivity contribution is 0.0547. The predicted octanol–water partition coefficient (Wildman–Crippen LogP) is 2.69. The third-order valence-corrected chi connectivity index (χ3v) is 3.95. The Balaban J connectivity index is 3.10. The van der Waals surface area contributed by atoms with Crippen molar-refractivity contribution < 1.29 is 9.84 Å². The van der Waals surface area contributed by atoms with Crippen LogP contribution < -0.4 is 0 Å². The molecule has 0 heterocycles. The van der Waals surface area contributed by atoms with Gasteiger partial charge in [0, 0.05) is 6.61 Å². The minimum absolute atomic E-state index is 0.138. The van der Waals surface area contributed by atoms with Gasteiger partial charge in [0.2, 0.25) is 0 Å². The van der Waals surface area contributed by atoms with Crippen LogP contribution >= 0.6 is 0 Å². The molecule has 2 heteroatoms. The third kappa shape index (κ3) is 1.77. The van der Waals surface area contributed by atoms with Crippen LogP contribution in [0.1, 0.15) is 34.6 Å². The predicted molar refractivity (Wildman–Crippen MR) is 62.8 cm³/mol. The van der Waals surface area contributed by atoms with Crippen LogP contribution in [0, 0.1) is 5.41 Å². The van der Waals surface area contributed by atoms with Gasteiger partial charge in [-0.15, -0.1) is 0 Å². The Labute approximate surface area is 92.6 Å². The molecule has 0 fully saturated rings. The highest BCUT2D eigenvalue weighted by Crippen LogP contribution is 2.46. The summed E-state index contributed by atoms with van der Waals surface area (Å²) in [7, 11) is 0. The van der Waals surface area contributed by atoms with Crippen LogP contribution in [-0.2, 0) is 4.74 Å². The van der Waals surface area contributed by atoms with Crippen molar-refractivity contribution in [1.82, 2.24) is 0 Å². The molecule has 1 aliphatic rings. The largest absolute Gasteiger partial charge is 0.395 e. The van der Waals surface area contributed by atoms with E-state index in [2.05, 4.69) is 27.7 Å². The van der Waals surface area contributed by atoms with Crippen LogP contribution in [0.25, 0.3) is 0 Å². The molecule has 0 amide bonds. The van der Waals surface area contributed by atoms with Gasteiger partial charge in [-0.05, 0) is 45.8 Å². The molecule has 0 aliphatic heterocycles. The number of ether oxygens (including phenoxy) is 1. The van der Waals surface area contributed by atoms with E-state index in [0.717, 1.165) is 0 Å². The first kappa shape index (κ1) is 12.5. The summed E-state index contributed by atoms with van der Waals surface area (Å²) in [6.07, 6.45) is 0. The first-order chi connectivity index (χ1) is 7.01. The Hall–Kier alpha value is -0.600. The van der Waals surface area contributed by atoms with Gasteiger partial charge in [0.1, 0.15) is 0 Å². The molecule has 86 valence electrons. The number of hydrogen-bond donors (Lipinski definition) is 1. The molecule has 1 N–H and O–H groups in total. The maximum Gasteiger partial charge on any atom is 0.0619 e. The number of allylic oxidation sites excluding steroid dienone is 2. The highest BCUT2D eigenvalue weighted by molar-refractivity contribution is 5.50. The van der Waals surface area contributed by atoms with Gasteiger partial charge in [-0.1, -0.05) is 11.1 Å². The minimum Gasteiger partial charge on any atom is -0.395 e. The van der Waals surface area contributed by atoms with E-state index in [4.69, 9.17) is 4.74 Å². The minimum atomic E-state index is -0.260. The normalized spacial score (nSPS) is 20.4. The van der Waals surface area contributed by atoms with Gasteiger partial charge in [0.25, 0.3) is 0 Å². The van der Waals surface area contributed by atoms with Crippen molar-refractivity contribution in [2.45, 2.75) is 34.6 Å². The van der Waals surface area contributed by atoms with Gasteiger partial charge >= 0.3 is 0 Å². The lowest BCUT2D eigenvalue weighted by Gasteiger charge is -2.31. The molecule has 0 bridgehead atoms. The van der Waals surface area contributed by atoms with E-state index in [0.29, 0.717) is 13.2 Å². The molecule has 1 aliphatic carbocycles. The average Bonchev–Trinajstić information content (AvgIpc) is 2.41. The maximum absolute atomic E-state index is 9.67. The van der Waals surface area contributed by atoms with E-state index >= 15 is 0 Å². The average molecular weight is 210 g/mol. The summed E-state index contributed by atoms with van der Waals surface area (Å²) in [5.74, 6) is 0. The van der Waals surface area contributed by atoms with E-state index in [1.165, 1.54) is 22.3 Å². The van der Waals surface area contributed by atoms with Gasteiger partial charge in [-0.25, -0.2) is 0 Å². The van der Waals surface area contributed by atoms with Gasteiger partial charge < -0.3 is 9.84 Å². The second kappa shape index (κ2) is 4.50. The molecule has 0 saturated heterocycles. The van der Waals surface area contributed by atoms with Crippen molar-refractivity contribution in [3.05, 3.63) is 22.3 Å². The molecule has 0 atom stereocenters. The number of hydrogen-bond acceptors (Lipinski definition) is 2. The van der Waals surface area contributed by atoms with Gasteiger partial charge in [-0.2, -0.15) is 0 Å². The second-order valence-electron chi connectivity index (χ2n) is 4.38. The van der Waals surface area contributed by atoms with E-state index in [-0.39, 0.29) is 12.0 Å². The first-order valence-electron chi connectivity index (χ1n) is 5.56. The van der Waals surface area contributed by atoms with Gasteiger partial charge in [0.05, 0.1) is 18.6 Å². The highest BCUT2D eigenvalue weighted by Gasteiger charge is 2.40. The monoisotopic (exact) mass is 210 g/mol. The molecule has 0 aromatic heterocycles. The summed E-state index contributed by atoms with van der Waals surface area (Å²) >= 11 is 0. The molecule has 15 heavy (non-hydrogen) atoms. The first-order valence-corrected chi connectivity index (χ1v) is 5.56. The molecular formula is C13H22O2. The topological polar surface area (TPSA) is 29.5 Å². The lowest BCUT2D eigenvalue weighted by atomic mass is 9.79. The van der Waals surface area contributed by atoms with Crippen LogP contribution in [0.2, 0.25) is 0 Å². The fourth-order valence-electron chi connectivity index (χ4n) is 2.34. The molecule has 1 rings (SSSR count). The molecule has 0 radical (unpaired) electrons. The van der Waals surface area contributed by atoms with Crippen molar-refractivity contribution >= 4 is 0 Å². The Kier molecular flexibility index (Phi) is 3.74. The third-order valence-electron chi connectivity index (χ3n) is 3.95. The Bertz CT molecular complexity index is 286. The molecular weight excluding hydrogens is 188 g/mol. The van der Waals surface area contributed by atoms with Crippen molar-refractivity contribution in [1.29, 1.82) is 0 Å². The fourth-order valence-corrected chi connectivity index (χ4v) is 2.34. The van der Waals surface area contributed by atoms with Crippen LogP contribution in [0.4, 0.5) is 0 Å². The van der Waals surface area contributed by atoms with E-state index in [9.17, 15) is 5.11 Å². The number of aliphatic hydroxyl groups excluding tert-OH is 1. The van der Waals surface area contributed by atoms with E-state index in [1.807, 2.05) is 6.92 Å². The van der Waals surface area contributed by atoms with Crippen LogP contribution in [0.3, 0.4) is 0 Å². The van der Waals surface area contributed by atoms with Gasteiger partial charge in [0.15, 0.2) is 0 Å². The molecule has 0 aromatic carbocycles. The zero-order chi connectivity index (χ0) is 11.6. The van der Waals surface area contributed by atoms with Crippen molar-refractivity contribution in [2.24, 2.45) is 5.41 Å². The van der Waals surface area contributed by atoms with Crippen molar-refractivity contribution in [2.75, 3.05) is 19.8 Å². The molecule has 0 unspecified atom stereocenters. The molecule has 0 aromatic rings. The quantitative estimate of drug-likeness (QED) is 0.773. The summed E-state index contributed by atoms with van der Waals surface area (Å²) in [6, 6.07) is 0. The summed E-state index contributed by atoms with van der Waals surface area (Å²) in [5, 5.41) is 9.67. The Morgan fingerprint density at radius 1 is 1.07 bits per heavy atom. The lowest BCUT2D eigenvalue weighted by Crippen LogP contribution is -2.32. The van der Waals surface area contributed by atoms with Crippen LogP contribution in [0.5, 0.6) is 0 Å². The summed E-state index contributed by atoms with van der Waals surface area (Å²) in [6.45, 7) is 11.9. The highest BCUT2D eigenvalue weighted by atomic mass is 16.5. The maximum atomic E-state index is 9.67. The van der Waals surface area contributed by atoms with E-state index < -0.39 is 0 Å². The summed E-state index contributed by atoms with van der Waals surface area (Å²) in [4.78, 5) is 0. The zero-order valence-corrected chi connectivity index (χ0v) is 10.5.